The maximum absolute atomic E-state index is 13.1. The van der Waals surface area contributed by atoms with Gasteiger partial charge in [-0.05, 0) is 93.0 Å². The van der Waals surface area contributed by atoms with Gasteiger partial charge in [-0.15, -0.1) is 0 Å². The molecule has 4 bridgehead atoms. The smallest absolute Gasteiger partial charge is 0.251 e. The van der Waals surface area contributed by atoms with Crippen molar-refractivity contribution in [1.82, 2.24) is 15.6 Å². The molecule has 1 heterocycles. The van der Waals surface area contributed by atoms with Crippen LogP contribution in [0, 0.1) is 23.2 Å². The highest BCUT2D eigenvalue weighted by Gasteiger charge is 2.54. The third-order valence-electron chi connectivity index (χ3n) is 7.67. The van der Waals surface area contributed by atoms with E-state index in [2.05, 4.69) is 15.6 Å². The van der Waals surface area contributed by atoms with Gasteiger partial charge in [-0.1, -0.05) is 18.2 Å². The number of hydrogen-bond donors (Lipinski definition) is 2. The number of benzene rings is 1. The number of hydrogen-bond acceptors (Lipinski definition) is 3. The summed E-state index contributed by atoms with van der Waals surface area (Å²) in [6, 6.07) is 13.0. The molecule has 1 atom stereocenters. The Bertz CT molecular complexity index is 919. The lowest BCUT2D eigenvalue weighted by Gasteiger charge is -2.55. The number of pyridine rings is 1. The number of amides is 2. The molecule has 4 saturated carbocycles. The fraction of sp³-hybridized carbons (Fsp3) is 0.500. The van der Waals surface area contributed by atoms with Crippen molar-refractivity contribution >= 4 is 11.8 Å². The summed E-state index contributed by atoms with van der Waals surface area (Å²) >= 11 is 0. The second kappa shape index (κ2) is 8.10. The van der Waals surface area contributed by atoms with Crippen molar-refractivity contribution in [2.75, 3.05) is 0 Å². The maximum Gasteiger partial charge on any atom is 0.251 e. The fourth-order valence-electron chi connectivity index (χ4n) is 6.52. The molecule has 5 nitrogen and oxygen atoms in total. The van der Waals surface area contributed by atoms with Crippen molar-refractivity contribution in [3.8, 4) is 0 Å². The molecule has 0 saturated heterocycles. The molecule has 0 spiro atoms. The standard InChI is InChI=1S/C26H31N3O2/c1-17(23-4-2-3-9-27-23)29-24(30)22-7-5-18(6-8-22)16-28-25(31)26-13-19-10-20(14-26)12-21(11-19)15-26/h2-9,17,19-21H,10-16H2,1H3,(H,28,31)(H,29,30). The van der Waals surface area contributed by atoms with Gasteiger partial charge in [0.2, 0.25) is 5.91 Å². The molecular formula is C26H31N3O2. The van der Waals surface area contributed by atoms with Gasteiger partial charge in [0, 0.05) is 23.7 Å². The molecule has 6 rings (SSSR count). The quantitative estimate of drug-likeness (QED) is 0.732. The second-order valence-electron chi connectivity index (χ2n) is 10.0. The summed E-state index contributed by atoms with van der Waals surface area (Å²) in [6.45, 7) is 2.45. The van der Waals surface area contributed by atoms with Crippen LogP contribution in [0.2, 0.25) is 0 Å². The van der Waals surface area contributed by atoms with E-state index in [1.165, 1.54) is 19.3 Å². The Balaban J connectivity index is 1.16. The number of rotatable bonds is 6. The Morgan fingerprint density at radius 1 is 1.00 bits per heavy atom. The van der Waals surface area contributed by atoms with Crippen molar-refractivity contribution in [1.29, 1.82) is 0 Å². The summed E-state index contributed by atoms with van der Waals surface area (Å²) in [5.74, 6) is 2.43. The molecule has 5 heteroatoms. The Morgan fingerprint density at radius 2 is 1.65 bits per heavy atom. The lowest BCUT2D eigenvalue weighted by Crippen LogP contribution is -2.53. The molecule has 31 heavy (non-hydrogen) atoms. The first-order chi connectivity index (χ1) is 15.0. The van der Waals surface area contributed by atoms with Crippen LogP contribution in [0.3, 0.4) is 0 Å². The Labute approximate surface area is 184 Å². The highest BCUT2D eigenvalue weighted by Crippen LogP contribution is 2.60. The van der Waals surface area contributed by atoms with Gasteiger partial charge in [-0.25, -0.2) is 0 Å². The van der Waals surface area contributed by atoms with Crippen LogP contribution in [-0.2, 0) is 11.3 Å². The average Bonchev–Trinajstić information content (AvgIpc) is 2.77. The Morgan fingerprint density at radius 3 is 2.23 bits per heavy atom. The van der Waals surface area contributed by atoms with Crippen molar-refractivity contribution in [2.24, 2.45) is 23.2 Å². The highest BCUT2D eigenvalue weighted by atomic mass is 16.2. The molecule has 4 fully saturated rings. The topological polar surface area (TPSA) is 71.1 Å². The highest BCUT2D eigenvalue weighted by molar-refractivity contribution is 5.94. The van der Waals surface area contributed by atoms with Crippen LogP contribution in [0.5, 0.6) is 0 Å². The lowest BCUT2D eigenvalue weighted by molar-refractivity contribution is -0.146. The summed E-state index contributed by atoms with van der Waals surface area (Å²) < 4.78 is 0. The summed E-state index contributed by atoms with van der Waals surface area (Å²) in [7, 11) is 0. The van der Waals surface area contributed by atoms with Crippen molar-refractivity contribution in [2.45, 2.75) is 58.0 Å². The minimum Gasteiger partial charge on any atom is -0.352 e. The van der Waals surface area contributed by atoms with E-state index < -0.39 is 0 Å². The van der Waals surface area contributed by atoms with Gasteiger partial charge >= 0.3 is 0 Å². The first-order valence-corrected chi connectivity index (χ1v) is 11.6. The van der Waals surface area contributed by atoms with Crippen LogP contribution in [0.1, 0.15) is 73.1 Å². The largest absolute Gasteiger partial charge is 0.352 e. The number of carbonyl (C=O) groups excluding carboxylic acids is 2. The molecule has 2 amide bonds. The van der Waals surface area contributed by atoms with Crippen LogP contribution in [-0.4, -0.2) is 16.8 Å². The minimum atomic E-state index is -0.159. The minimum absolute atomic E-state index is 0.115. The predicted molar refractivity (Wildman–Crippen MR) is 119 cm³/mol. The molecule has 4 aliphatic rings. The summed E-state index contributed by atoms with van der Waals surface area (Å²) in [5, 5.41) is 6.20. The van der Waals surface area contributed by atoms with Crippen LogP contribution in [0.15, 0.2) is 48.7 Å². The van der Waals surface area contributed by atoms with E-state index in [0.717, 1.165) is 48.3 Å². The number of aromatic nitrogens is 1. The SMILES string of the molecule is CC(NC(=O)c1ccc(CNC(=O)C23CC4CC(CC(C4)C2)C3)cc1)c1ccccn1. The number of nitrogens with one attached hydrogen (secondary N) is 2. The van der Waals surface area contributed by atoms with E-state index >= 15 is 0 Å². The van der Waals surface area contributed by atoms with Gasteiger partial charge in [0.05, 0.1) is 11.7 Å². The molecule has 0 aliphatic heterocycles. The van der Waals surface area contributed by atoms with Crippen LogP contribution in [0.25, 0.3) is 0 Å². The van der Waals surface area contributed by atoms with Gasteiger partial charge in [-0.2, -0.15) is 0 Å². The van der Waals surface area contributed by atoms with Gasteiger partial charge in [-0.3, -0.25) is 14.6 Å². The van der Waals surface area contributed by atoms with Crippen molar-refractivity contribution in [3.63, 3.8) is 0 Å². The third kappa shape index (κ3) is 4.10. The van der Waals surface area contributed by atoms with E-state index in [0.29, 0.717) is 12.1 Å². The third-order valence-corrected chi connectivity index (χ3v) is 7.67. The van der Waals surface area contributed by atoms with Crippen LogP contribution < -0.4 is 10.6 Å². The Hall–Kier alpha value is -2.69. The summed E-state index contributed by atoms with van der Waals surface area (Å²) in [4.78, 5) is 30.0. The van der Waals surface area contributed by atoms with Crippen LogP contribution in [0.4, 0.5) is 0 Å². The monoisotopic (exact) mass is 417 g/mol. The molecule has 2 aromatic rings. The molecule has 2 N–H and O–H groups in total. The zero-order chi connectivity index (χ0) is 21.4. The van der Waals surface area contributed by atoms with E-state index in [4.69, 9.17) is 0 Å². The zero-order valence-electron chi connectivity index (χ0n) is 18.1. The fourth-order valence-corrected chi connectivity index (χ4v) is 6.52. The van der Waals surface area contributed by atoms with E-state index in [-0.39, 0.29) is 23.3 Å². The molecule has 1 aromatic carbocycles. The second-order valence-corrected chi connectivity index (χ2v) is 10.0. The normalized spacial score (nSPS) is 29.4. The molecule has 1 aromatic heterocycles. The predicted octanol–water partition coefficient (Wildman–Crippen LogP) is 4.41. The van der Waals surface area contributed by atoms with Crippen molar-refractivity contribution < 1.29 is 9.59 Å². The molecule has 162 valence electrons. The zero-order valence-corrected chi connectivity index (χ0v) is 18.1. The average molecular weight is 418 g/mol. The van der Waals surface area contributed by atoms with Gasteiger partial charge < -0.3 is 10.6 Å². The van der Waals surface area contributed by atoms with E-state index in [9.17, 15) is 9.59 Å². The summed E-state index contributed by atoms with van der Waals surface area (Å²) in [5.41, 5.74) is 2.35. The molecule has 4 aliphatic carbocycles. The van der Waals surface area contributed by atoms with Gasteiger partial charge in [0.25, 0.3) is 5.91 Å². The number of nitrogens with zero attached hydrogens (tertiary/aromatic N) is 1. The van der Waals surface area contributed by atoms with E-state index in [1.807, 2.05) is 49.4 Å². The first kappa shape index (κ1) is 20.2. The molecule has 0 radical (unpaired) electrons. The van der Waals surface area contributed by atoms with Crippen molar-refractivity contribution in [3.05, 3.63) is 65.5 Å². The van der Waals surface area contributed by atoms with Gasteiger partial charge in [0.15, 0.2) is 0 Å². The van der Waals surface area contributed by atoms with Gasteiger partial charge in [0.1, 0.15) is 0 Å². The number of carbonyl (C=O) groups is 2. The lowest BCUT2D eigenvalue weighted by atomic mass is 9.49. The molecular weight excluding hydrogens is 386 g/mol. The van der Waals surface area contributed by atoms with E-state index in [1.54, 1.807) is 6.20 Å². The molecule has 1 unspecified atom stereocenters. The summed E-state index contributed by atoms with van der Waals surface area (Å²) in [6.07, 6.45) is 9.00. The Kier molecular flexibility index (Phi) is 5.28. The first-order valence-electron chi connectivity index (χ1n) is 11.6. The maximum atomic E-state index is 13.1. The van der Waals surface area contributed by atoms with Crippen LogP contribution >= 0.6 is 0 Å².